The Morgan fingerprint density at radius 1 is 1.41 bits per heavy atom. The Hall–Kier alpha value is -1.69. The second kappa shape index (κ2) is 6.20. The van der Waals surface area contributed by atoms with Crippen molar-refractivity contribution in [2.45, 2.75) is 19.4 Å². The first-order valence-corrected chi connectivity index (χ1v) is 7.59. The van der Waals surface area contributed by atoms with Gasteiger partial charge in [-0.1, -0.05) is 6.07 Å². The monoisotopic (exact) mass is 309 g/mol. The van der Waals surface area contributed by atoms with Crippen LogP contribution in [0.25, 0.3) is 0 Å². The van der Waals surface area contributed by atoms with E-state index in [1.165, 1.54) is 12.1 Å². The van der Waals surface area contributed by atoms with E-state index >= 15 is 0 Å². The third kappa shape index (κ3) is 3.06. The lowest BCUT2D eigenvalue weighted by atomic mass is 9.87. The Labute approximate surface area is 129 Å². The third-order valence-electron chi connectivity index (χ3n) is 4.59. The van der Waals surface area contributed by atoms with Crippen LogP contribution in [0.3, 0.4) is 0 Å². The largest absolute Gasteiger partial charge is 0.381 e. The summed E-state index contributed by atoms with van der Waals surface area (Å²) in [5.41, 5.74) is 0.680. The summed E-state index contributed by atoms with van der Waals surface area (Å²) in [5, 5.41) is 3.17. The van der Waals surface area contributed by atoms with E-state index < -0.39 is 11.6 Å². The molecule has 4 nitrogen and oxygen atoms in total. The Morgan fingerprint density at radius 3 is 2.95 bits per heavy atom. The first-order valence-electron chi connectivity index (χ1n) is 7.59. The van der Waals surface area contributed by atoms with Gasteiger partial charge in [0.1, 0.15) is 11.6 Å². The van der Waals surface area contributed by atoms with Gasteiger partial charge in [0.25, 0.3) is 0 Å². The van der Waals surface area contributed by atoms with Crippen LogP contribution in [0, 0.1) is 17.0 Å². The number of nitrogens with zero attached hydrogens (tertiary/aromatic N) is 2. The number of halogens is 2. The Kier molecular flexibility index (Phi) is 4.29. The number of likely N-dealkylation sites (tertiary alicyclic amines) is 1. The van der Waals surface area contributed by atoms with Crippen molar-refractivity contribution in [3.8, 4) is 0 Å². The molecule has 2 saturated heterocycles. The van der Waals surface area contributed by atoms with Crippen molar-refractivity contribution < 1.29 is 13.5 Å². The van der Waals surface area contributed by atoms with Crippen LogP contribution in [0.2, 0.25) is 0 Å². The van der Waals surface area contributed by atoms with E-state index in [2.05, 4.69) is 15.2 Å². The lowest BCUT2D eigenvalue weighted by molar-refractivity contribution is 0.156. The molecule has 2 fully saturated rings. The van der Waals surface area contributed by atoms with E-state index in [0.717, 1.165) is 51.2 Å². The molecule has 0 amide bonds. The van der Waals surface area contributed by atoms with E-state index in [9.17, 15) is 8.78 Å². The van der Waals surface area contributed by atoms with Gasteiger partial charge in [-0.05, 0) is 18.9 Å². The van der Waals surface area contributed by atoms with Crippen molar-refractivity contribution in [1.82, 2.24) is 10.2 Å². The van der Waals surface area contributed by atoms with Gasteiger partial charge in [-0.2, -0.15) is 0 Å². The van der Waals surface area contributed by atoms with Crippen LogP contribution in [0.1, 0.15) is 18.4 Å². The Balaban J connectivity index is 1.61. The summed E-state index contributed by atoms with van der Waals surface area (Å²) in [6.45, 7) is 3.78. The molecule has 0 bridgehead atoms. The molecule has 0 aliphatic carbocycles. The van der Waals surface area contributed by atoms with Crippen molar-refractivity contribution in [3.63, 3.8) is 0 Å². The van der Waals surface area contributed by atoms with Crippen molar-refractivity contribution >= 4 is 5.96 Å². The summed E-state index contributed by atoms with van der Waals surface area (Å²) in [5.74, 6) is -0.342. The summed E-state index contributed by atoms with van der Waals surface area (Å²) in [6, 6.07) is 3.63. The number of guanidine groups is 1. The van der Waals surface area contributed by atoms with Gasteiger partial charge in [0.05, 0.1) is 6.61 Å². The smallest absolute Gasteiger partial charge is 0.193 e. The van der Waals surface area contributed by atoms with Crippen LogP contribution in [0.5, 0.6) is 0 Å². The second-order valence-corrected chi connectivity index (χ2v) is 6.11. The van der Waals surface area contributed by atoms with Gasteiger partial charge in [0.15, 0.2) is 5.96 Å². The van der Waals surface area contributed by atoms with Crippen LogP contribution in [-0.2, 0) is 11.3 Å². The molecule has 1 N–H and O–H groups in total. The van der Waals surface area contributed by atoms with Crippen molar-refractivity contribution in [2.24, 2.45) is 10.4 Å². The van der Waals surface area contributed by atoms with E-state index in [1.807, 2.05) is 0 Å². The first kappa shape index (κ1) is 15.2. The molecule has 1 spiro atoms. The summed E-state index contributed by atoms with van der Waals surface area (Å²) in [4.78, 5) is 6.47. The molecule has 2 aliphatic rings. The zero-order chi connectivity index (χ0) is 15.6. The summed E-state index contributed by atoms with van der Waals surface area (Å²) in [7, 11) is 1.72. The zero-order valence-corrected chi connectivity index (χ0v) is 12.7. The number of aliphatic imine (C=N–C) groups is 1. The van der Waals surface area contributed by atoms with Crippen molar-refractivity contribution in [3.05, 3.63) is 35.4 Å². The second-order valence-electron chi connectivity index (χ2n) is 6.11. The summed E-state index contributed by atoms with van der Waals surface area (Å²) in [6.07, 6.45) is 2.19. The van der Waals surface area contributed by atoms with Gasteiger partial charge in [0, 0.05) is 50.3 Å². The minimum atomic E-state index is -0.562. The van der Waals surface area contributed by atoms with Crippen LogP contribution in [0.4, 0.5) is 8.78 Å². The minimum Gasteiger partial charge on any atom is -0.381 e. The highest BCUT2D eigenvalue weighted by atomic mass is 19.1. The van der Waals surface area contributed by atoms with Crippen LogP contribution in [-0.4, -0.2) is 44.2 Å². The topological polar surface area (TPSA) is 36.9 Å². The highest BCUT2D eigenvalue weighted by Crippen LogP contribution is 2.38. The van der Waals surface area contributed by atoms with Gasteiger partial charge >= 0.3 is 0 Å². The van der Waals surface area contributed by atoms with Gasteiger partial charge in [-0.25, -0.2) is 8.78 Å². The fourth-order valence-electron chi connectivity index (χ4n) is 3.26. The third-order valence-corrected chi connectivity index (χ3v) is 4.59. The molecule has 0 saturated carbocycles. The molecule has 0 aromatic heterocycles. The highest BCUT2D eigenvalue weighted by molar-refractivity contribution is 5.80. The van der Waals surface area contributed by atoms with Crippen LogP contribution < -0.4 is 5.32 Å². The maximum Gasteiger partial charge on any atom is 0.193 e. The quantitative estimate of drug-likeness (QED) is 0.672. The number of nitrogens with one attached hydrogen (secondary N) is 1. The normalized spacial score (nSPS) is 25.2. The van der Waals surface area contributed by atoms with Gasteiger partial charge in [0.2, 0.25) is 0 Å². The lowest BCUT2D eigenvalue weighted by Gasteiger charge is -2.25. The average Bonchev–Trinajstić information content (AvgIpc) is 3.13. The predicted molar refractivity (Wildman–Crippen MR) is 80.6 cm³/mol. The fraction of sp³-hybridized carbons (Fsp3) is 0.562. The molecule has 3 rings (SSSR count). The summed E-state index contributed by atoms with van der Waals surface area (Å²) < 4.78 is 32.1. The van der Waals surface area contributed by atoms with Crippen LogP contribution >= 0.6 is 0 Å². The molecule has 2 heterocycles. The Bertz CT molecular complexity index is 571. The molecule has 0 radical (unpaired) electrons. The van der Waals surface area contributed by atoms with E-state index in [-0.39, 0.29) is 5.41 Å². The SMILES string of the molecule is CN=C(NCc1ccc(F)cc1F)N1CCC2(CCOC2)C1. The van der Waals surface area contributed by atoms with Gasteiger partial charge in [-0.15, -0.1) is 0 Å². The molecule has 1 aromatic carbocycles. The predicted octanol–water partition coefficient (Wildman–Crippen LogP) is 2.15. The van der Waals surface area contributed by atoms with Crippen LogP contribution in [0.15, 0.2) is 23.2 Å². The van der Waals surface area contributed by atoms with Gasteiger partial charge in [-0.3, -0.25) is 4.99 Å². The standard InChI is InChI=1S/C16H21F2N3O/c1-19-15(20-9-12-2-3-13(17)8-14(12)18)21-6-4-16(10-21)5-7-22-11-16/h2-3,8H,4-7,9-11H2,1H3,(H,19,20). The van der Waals surface area contributed by atoms with Crippen molar-refractivity contribution in [2.75, 3.05) is 33.4 Å². The molecule has 2 aliphatic heterocycles. The lowest BCUT2D eigenvalue weighted by Crippen LogP contribution is -2.41. The molecule has 6 heteroatoms. The summed E-state index contributed by atoms with van der Waals surface area (Å²) >= 11 is 0. The van der Waals surface area contributed by atoms with E-state index in [0.29, 0.717) is 12.1 Å². The first-order chi connectivity index (χ1) is 10.6. The van der Waals surface area contributed by atoms with E-state index in [1.54, 1.807) is 7.05 Å². The number of hydrogen-bond acceptors (Lipinski definition) is 2. The maximum atomic E-state index is 13.7. The molecular formula is C16H21F2N3O. The molecule has 1 atom stereocenters. The van der Waals surface area contributed by atoms with E-state index in [4.69, 9.17) is 4.74 Å². The molecule has 22 heavy (non-hydrogen) atoms. The molecule has 1 unspecified atom stereocenters. The van der Waals surface area contributed by atoms with Gasteiger partial charge < -0.3 is 15.0 Å². The highest BCUT2D eigenvalue weighted by Gasteiger charge is 2.42. The Morgan fingerprint density at radius 2 is 2.27 bits per heavy atom. The number of hydrogen-bond donors (Lipinski definition) is 1. The molecule has 120 valence electrons. The zero-order valence-electron chi connectivity index (χ0n) is 12.7. The number of benzene rings is 1. The minimum absolute atomic E-state index is 0.249. The molecule has 1 aromatic rings. The fourth-order valence-corrected chi connectivity index (χ4v) is 3.26. The molecular weight excluding hydrogens is 288 g/mol. The number of rotatable bonds is 2. The van der Waals surface area contributed by atoms with Crippen molar-refractivity contribution in [1.29, 1.82) is 0 Å². The number of ether oxygens (including phenoxy) is 1. The average molecular weight is 309 g/mol. The maximum absolute atomic E-state index is 13.7.